The minimum atomic E-state index is -4.43. The van der Waals surface area contributed by atoms with E-state index in [-0.39, 0.29) is 24.0 Å². The summed E-state index contributed by atoms with van der Waals surface area (Å²) in [5.41, 5.74) is 6.78. The lowest BCUT2D eigenvalue weighted by molar-refractivity contribution is -0.137. The van der Waals surface area contributed by atoms with Crippen LogP contribution in [0.25, 0.3) is 0 Å². The zero-order valence-electron chi connectivity index (χ0n) is 16.6. The van der Waals surface area contributed by atoms with Crippen molar-refractivity contribution in [2.75, 3.05) is 5.73 Å². The molecule has 3 aromatic rings. The maximum atomic E-state index is 12.8. The lowest BCUT2D eigenvalue weighted by atomic mass is 10.2. The molecule has 0 aliphatic carbocycles. The first-order chi connectivity index (χ1) is 14.7. The number of halogens is 3. The summed E-state index contributed by atoms with van der Waals surface area (Å²) >= 11 is 0. The van der Waals surface area contributed by atoms with E-state index in [0.717, 1.165) is 23.4 Å². The fraction of sp³-hybridized carbons (Fsp3) is 0.136. The molecule has 31 heavy (non-hydrogen) atoms. The Morgan fingerprint density at radius 2 is 1.74 bits per heavy atom. The maximum absolute atomic E-state index is 12.8. The number of carbonyl (C=O) groups excluding carboxylic acids is 2. The molecule has 6 nitrogen and oxygen atoms in total. The molecule has 0 atom stereocenters. The van der Waals surface area contributed by atoms with Crippen LogP contribution in [0, 0.1) is 6.92 Å². The molecule has 0 fully saturated rings. The highest BCUT2D eigenvalue weighted by Crippen LogP contribution is 2.32. The number of amides is 1. The Hall–Kier alpha value is -3.88. The van der Waals surface area contributed by atoms with Gasteiger partial charge in [-0.05, 0) is 55.0 Å². The van der Waals surface area contributed by atoms with E-state index in [2.05, 4.69) is 10.3 Å². The Kier molecular flexibility index (Phi) is 7.73. The Labute approximate surface area is 176 Å². The van der Waals surface area contributed by atoms with E-state index < -0.39 is 11.7 Å². The van der Waals surface area contributed by atoms with Gasteiger partial charge in [-0.3, -0.25) is 4.79 Å². The van der Waals surface area contributed by atoms with Gasteiger partial charge >= 0.3 is 6.18 Å². The number of rotatable bonds is 5. The number of benzene rings is 2. The molecular formula is C22H20F3N3O3. The van der Waals surface area contributed by atoms with E-state index in [1.807, 2.05) is 6.79 Å². The van der Waals surface area contributed by atoms with Crippen LogP contribution >= 0.6 is 0 Å². The smallest absolute Gasteiger partial charge is 0.416 e. The van der Waals surface area contributed by atoms with Gasteiger partial charge in [0.05, 0.1) is 11.1 Å². The Morgan fingerprint density at radius 1 is 1.06 bits per heavy atom. The average molecular weight is 431 g/mol. The summed E-state index contributed by atoms with van der Waals surface area (Å²) in [6.07, 6.45) is -4.43. The SMILES string of the molecule is C=O.Cc1ccc(C(=O)NCc2ccc(Oc3cccc(C(F)(F)F)c3)cc2)c(N)n1. The number of nitrogens with two attached hydrogens (primary N) is 1. The number of pyridine rings is 1. The predicted molar refractivity (Wildman–Crippen MR) is 110 cm³/mol. The number of hydrogen-bond acceptors (Lipinski definition) is 5. The first kappa shape index (κ1) is 23.4. The maximum Gasteiger partial charge on any atom is 0.416 e. The number of aromatic nitrogens is 1. The molecule has 0 aliphatic rings. The number of hydrogen-bond donors (Lipinski definition) is 2. The van der Waals surface area contributed by atoms with Crippen LogP contribution in [0.2, 0.25) is 0 Å². The predicted octanol–water partition coefficient (Wildman–Crippen LogP) is 4.53. The lowest BCUT2D eigenvalue weighted by Gasteiger charge is -2.11. The van der Waals surface area contributed by atoms with E-state index in [4.69, 9.17) is 15.3 Å². The third-order valence-electron chi connectivity index (χ3n) is 4.08. The number of ether oxygens (including phenoxy) is 1. The second-order valence-corrected chi connectivity index (χ2v) is 6.34. The van der Waals surface area contributed by atoms with Crippen LogP contribution in [0.3, 0.4) is 0 Å². The quantitative estimate of drug-likeness (QED) is 0.619. The van der Waals surface area contributed by atoms with Gasteiger partial charge in [0.15, 0.2) is 0 Å². The summed E-state index contributed by atoms with van der Waals surface area (Å²) in [6, 6.07) is 14.6. The van der Waals surface area contributed by atoms with Crippen molar-refractivity contribution < 1.29 is 27.5 Å². The van der Waals surface area contributed by atoms with Crippen molar-refractivity contribution in [1.82, 2.24) is 10.3 Å². The van der Waals surface area contributed by atoms with E-state index in [1.165, 1.54) is 12.1 Å². The second kappa shape index (κ2) is 10.2. The molecule has 0 spiro atoms. The van der Waals surface area contributed by atoms with Gasteiger partial charge in [0.25, 0.3) is 5.91 Å². The molecule has 3 N–H and O–H groups in total. The summed E-state index contributed by atoms with van der Waals surface area (Å²) in [4.78, 5) is 24.3. The van der Waals surface area contributed by atoms with E-state index in [9.17, 15) is 18.0 Å². The van der Waals surface area contributed by atoms with Crippen LogP contribution in [-0.2, 0) is 17.5 Å². The zero-order valence-corrected chi connectivity index (χ0v) is 16.6. The molecule has 2 aromatic carbocycles. The van der Waals surface area contributed by atoms with E-state index in [1.54, 1.807) is 43.3 Å². The van der Waals surface area contributed by atoms with Crippen LogP contribution < -0.4 is 15.8 Å². The fourth-order valence-electron chi connectivity index (χ4n) is 2.59. The molecular weight excluding hydrogens is 411 g/mol. The van der Waals surface area contributed by atoms with Crippen molar-refractivity contribution in [3.8, 4) is 11.5 Å². The third-order valence-corrected chi connectivity index (χ3v) is 4.08. The highest BCUT2D eigenvalue weighted by atomic mass is 19.4. The van der Waals surface area contributed by atoms with Gasteiger partial charge in [-0.2, -0.15) is 13.2 Å². The molecule has 0 aliphatic heterocycles. The average Bonchev–Trinajstić information content (AvgIpc) is 2.74. The minimum Gasteiger partial charge on any atom is -0.457 e. The molecule has 162 valence electrons. The van der Waals surface area contributed by atoms with E-state index >= 15 is 0 Å². The molecule has 0 saturated carbocycles. The zero-order chi connectivity index (χ0) is 23.0. The van der Waals surface area contributed by atoms with Crippen LogP contribution in [0.5, 0.6) is 11.5 Å². The van der Waals surface area contributed by atoms with Gasteiger partial charge in [0.2, 0.25) is 0 Å². The molecule has 0 bridgehead atoms. The molecule has 1 heterocycles. The van der Waals surface area contributed by atoms with Crippen molar-refractivity contribution in [2.45, 2.75) is 19.6 Å². The van der Waals surface area contributed by atoms with Gasteiger partial charge in [0, 0.05) is 12.2 Å². The number of nitrogens with one attached hydrogen (secondary N) is 1. The van der Waals surface area contributed by atoms with Gasteiger partial charge in [-0.15, -0.1) is 0 Å². The molecule has 0 saturated heterocycles. The van der Waals surface area contributed by atoms with Crippen molar-refractivity contribution in [2.24, 2.45) is 0 Å². The van der Waals surface area contributed by atoms with Gasteiger partial charge in [-0.25, -0.2) is 4.98 Å². The van der Waals surface area contributed by atoms with Crippen molar-refractivity contribution in [1.29, 1.82) is 0 Å². The monoisotopic (exact) mass is 431 g/mol. The second-order valence-electron chi connectivity index (χ2n) is 6.34. The van der Waals surface area contributed by atoms with E-state index in [0.29, 0.717) is 11.3 Å². The summed E-state index contributed by atoms with van der Waals surface area (Å²) in [6.45, 7) is 4.02. The van der Waals surface area contributed by atoms with Gasteiger partial charge in [-0.1, -0.05) is 18.2 Å². The number of anilines is 1. The number of alkyl halides is 3. The van der Waals surface area contributed by atoms with Gasteiger partial charge in [0.1, 0.15) is 24.1 Å². The van der Waals surface area contributed by atoms with Crippen LogP contribution in [0.1, 0.15) is 27.2 Å². The number of nitrogens with zero attached hydrogens (tertiary/aromatic N) is 1. The molecule has 3 rings (SSSR count). The summed E-state index contributed by atoms with van der Waals surface area (Å²) in [5, 5.41) is 2.74. The van der Waals surface area contributed by atoms with Crippen molar-refractivity contribution in [3.63, 3.8) is 0 Å². The van der Waals surface area contributed by atoms with Gasteiger partial charge < -0.3 is 20.6 Å². The fourth-order valence-corrected chi connectivity index (χ4v) is 2.59. The molecule has 9 heteroatoms. The summed E-state index contributed by atoms with van der Waals surface area (Å²) < 4.78 is 43.8. The van der Waals surface area contributed by atoms with Crippen molar-refractivity contribution >= 4 is 18.5 Å². The standard InChI is InChI=1S/C21H18F3N3O2.CH2O/c1-13-5-10-18(19(25)27-13)20(28)26-12-14-6-8-16(9-7-14)29-17-4-2-3-15(11-17)21(22,23)24;1-2/h2-11H,12H2,1H3,(H2,25,27)(H,26,28);1H2. The molecule has 0 radical (unpaired) electrons. The Bertz CT molecular complexity index is 1040. The third kappa shape index (κ3) is 6.56. The minimum absolute atomic E-state index is 0.0863. The summed E-state index contributed by atoms with van der Waals surface area (Å²) in [7, 11) is 0. The molecule has 1 amide bonds. The highest BCUT2D eigenvalue weighted by molar-refractivity contribution is 5.98. The van der Waals surface area contributed by atoms with Crippen LogP contribution in [-0.4, -0.2) is 17.7 Å². The Morgan fingerprint density at radius 3 is 2.35 bits per heavy atom. The first-order valence-corrected chi connectivity index (χ1v) is 8.96. The topological polar surface area (TPSA) is 94.3 Å². The molecule has 0 unspecified atom stereocenters. The number of carbonyl (C=O) groups is 2. The summed E-state index contributed by atoms with van der Waals surface area (Å²) in [5.74, 6) is 0.279. The lowest BCUT2D eigenvalue weighted by Crippen LogP contribution is -2.24. The van der Waals surface area contributed by atoms with Crippen molar-refractivity contribution in [3.05, 3.63) is 83.0 Å². The highest BCUT2D eigenvalue weighted by Gasteiger charge is 2.30. The number of nitrogen functional groups attached to an aromatic ring is 1. The number of aryl methyl sites for hydroxylation is 1. The Balaban J connectivity index is 0.00000166. The first-order valence-electron chi connectivity index (χ1n) is 8.96. The normalized spacial score (nSPS) is 10.6. The van der Waals surface area contributed by atoms with Crippen LogP contribution in [0.4, 0.5) is 19.0 Å². The largest absolute Gasteiger partial charge is 0.457 e. The molecule has 1 aromatic heterocycles. The van der Waals surface area contributed by atoms with Crippen LogP contribution in [0.15, 0.2) is 60.7 Å².